The third-order valence-electron chi connectivity index (χ3n) is 5.92. The number of para-hydroxylation sites is 1. The first-order valence-electron chi connectivity index (χ1n) is 10.4. The molecule has 0 aliphatic carbocycles. The lowest BCUT2D eigenvalue weighted by atomic mass is 9.89. The Bertz CT molecular complexity index is 1150. The van der Waals surface area contributed by atoms with Gasteiger partial charge in [0.05, 0.1) is 0 Å². The summed E-state index contributed by atoms with van der Waals surface area (Å²) in [6, 6.07) is 9.90. The summed E-state index contributed by atoms with van der Waals surface area (Å²) in [7, 11) is -4.12. The van der Waals surface area contributed by atoms with E-state index in [2.05, 4.69) is 5.32 Å². The minimum Gasteiger partial charge on any atom is -0.340 e. The molecule has 2 heterocycles. The van der Waals surface area contributed by atoms with E-state index in [0.717, 1.165) is 27.7 Å². The molecule has 0 aromatic heterocycles. The lowest BCUT2D eigenvalue weighted by Crippen LogP contribution is -2.50. The van der Waals surface area contributed by atoms with Crippen molar-refractivity contribution >= 4 is 27.5 Å². The Morgan fingerprint density at radius 3 is 2.50 bits per heavy atom. The Labute approximate surface area is 185 Å². The molecule has 2 aromatic carbocycles. The molecule has 0 saturated carbocycles. The van der Waals surface area contributed by atoms with E-state index in [9.17, 15) is 26.8 Å². The van der Waals surface area contributed by atoms with Crippen molar-refractivity contribution in [2.24, 2.45) is 5.92 Å². The monoisotopic (exact) mass is 463 g/mol. The highest BCUT2D eigenvalue weighted by Crippen LogP contribution is 2.28. The van der Waals surface area contributed by atoms with E-state index >= 15 is 0 Å². The fraction of sp³-hybridized carbons (Fsp3) is 0.364. The summed E-state index contributed by atoms with van der Waals surface area (Å²) in [5.41, 5.74) is 1.84. The van der Waals surface area contributed by atoms with E-state index in [0.29, 0.717) is 18.9 Å². The first kappa shape index (κ1) is 22.3. The van der Waals surface area contributed by atoms with Crippen LogP contribution in [0.1, 0.15) is 18.4 Å². The molecule has 170 valence electrons. The van der Waals surface area contributed by atoms with Gasteiger partial charge in [-0.1, -0.05) is 18.2 Å². The molecule has 10 heteroatoms. The van der Waals surface area contributed by atoms with Gasteiger partial charge in [0.2, 0.25) is 21.8 Å². The van der Waals surface area contributed by atoms with E-state index in [1.165, 1.54) is 0 Å². The van der Waals surface area contributed by atoms with E-state index in [1.54, 1.807) is 4.90 Å². The van der Waals surface area contributed by atoms with Crippen LogP contribution in [0.5, 0.6) is 0 Å². The summed E-state index contributed by atoms with van der Waals surface area (Å²) in [5, 5.41) is 2.87. The summed E-state index contributed by atoms with van der Waals surface area (Å²) < 4.78 is 53.5. The smallest absolute Gasteiger partial charge is 0.246 e. The van der Waals surface area contributed by atoms with Gasteiger partial charge in [0.1, 0.15) is 16.5 Å². The second-order valence-corrected chi connectivity index (χ2v) is 9.85. The average molecular weight is 464 g/mol. The van der Waals surface area contributed by atoms with Gasteiger partial charge in [-0.3, -0.25) is 9.59 Å². The zero-order chi connectivity index (χ0) is 22.9. The molecule has 0 bridgehead atoms. The molecule has 32 heavy (non-hydrogen) atoms. The second kappa shape index (κ2) is 8.95. The number of hydrogen-bond donors (Lipinski definition) is 1. The van der Waals surface area contributed by atoms with Crippen molar-refractivity contribution in [3.05, 3.63) is 59.7 Å². The van der Waals surface area contributed by atoms with Gasteiger partial charge < -0.3 is 10.2 Å². The maximum Gasteiger partial charge on any atom is 0.246 e. The average Bonchev–Trinajstić information content (AvgIpc) is 2.77. The van der Waals surface area contributed by atoms with Crippen LogP contribution >= 0.6 is 0 Å². The number of benzene rings is 2. The number of rotatable bonds is 5. The van der Waals surface area contributed by atoms with Crippen LogP contribution in [0.15, 0.2) is 47.4 Å². The minimum atomic E-state index is -4.12. The largest absolute Gasteiger partial charge is 0.340 e. The van der Waals surface area contributed by atoms with E-state index < -0.39 is 26.6 Å². The molecule has 1 saturated heterocycles. The predicted molar refractivity (Wildman–Crippen MR) is 113 cm³/mol. The maximum atomic E-state index is 14.0. The van der Waals surface area contributed by atoms with Crippen LogP contribution in [-0.2, 0) is 26.0 Å². The molecule has 2 amide bonds. The number of halogens is 2. The number of nitrogens with one attached hydrogen (secondary N) is 1. The van der Waals surface area contributed by atoms with Gasteiger partial charge in [0.15, 0.2) is 0 Å². The van der Waals surface area contributed by atoms with E-state index in [1.807, 2.05) is 24.3 Å². The van der Waals surface area contributed by atoms with E-state index in [4.69, 9.17) is 0 Å². The Balaban J connectivity index is 1.31. The molecular formula is C22H23F2N3O4S. The summed E-state index contributed by atoms with van der Waals surface area (Å²) in [5.74, 6) is -2.55. The third-order valence-corrected chi connectivity index (χ3v) is 7.85. The highest BCUT2D eigenvalue weighted by molar-refractivity contribution is 7.89. The zero-order valence-corrected chi connectivity index (χ0v) is 18.1. The molecule has 2 aliphatic heterocycles. The summed E-state index contributed by atoms with van der Waals surface area (Å²) in [6.45, 7) is 0.367. The lowest BCUT2D eigenvalue weighted by Gasteiger charge is -2.34. The normalized spacial score (nSPS) is 19.4. The Morgan fingerprint density at radius 2 is 1.78 bits per heavy atom. The number of amides is 2. The topological polar surface area (TPSA) is 86.8 Å². The van der Waals surface area contributed by atoms with Gasteiger partial charge in [-0.05, 0) is 36.6 Å². The molecular weight excluding hydrogens is 440 g/mol. The third kappa shape index (κ3) is 4.51. The fourth-order valence-corrected chi connectivity index (χ4v) is 5.57. The lowest BCUT2D eigenvalue weighted by molar-refractivity contribution is -0.132. The van der Waals surface area contributed by atoms with Crippen LogP contribution in [0.25, 0.3) is 0 Å². The molecule has 0 spiro atoms. The summed E-state index contributed by atoms with van der Waals surface area (Å²) >= 11 is 0. The first-order chi connectivity index (χ1) is 15.3. The number of carbonyl (C=O) groups excluding carboxylic acids is 2. The van der Waals surface area contributed by atoms with Crippen molar-refractivity contribution in [3.8, 4) is 0 Å². The van der Waals surface area contributed by atoms with Crippen LogP contribution in [0, 0.1) is 17.6 Å². The van der Waals surface area contributed by atoms with Gasteiger partial charge in [-0.25, -0.2) is 17.2 Å². The Kier molecular flexibility index (Phi) is 6.25. The van der Waals surface area contributed by atoms with Crippen LogP contribution in [0.2, 0.25) is 0 Å². The van der Waals surface area contributed by atoms with Gasteiger partial charge in [-0.2, -0.15) is 4.31 Å². The van der Waals surface area contributed by atoms with Crippen molar-refractivity contribution in [3.63, 3.8) is 0 Å². The molecule has 2 aliphatic rings. The standard InChI is InChI=1S/C22H23F2N3O4S/c23-17-6-7-20(18(24)14-17)32(30,31)27-11-9-26(10-12-27)21(28)8-5-16-13-15-3-1-2-4-19(15)25-22(16)29/h1-4,6-7,14,16H,5,8-13H2,(H,25,29). The van der Waals surface area contributed by atoms with Crippen molar-refractivity contribution in [2.45, 2.75) is 24.2 Å². The fourth-order valence-electron chi connectivity index (χ4n) is 4.10. The number of hydrogen-bond acceptors (Lipinski definition) is 4. The first-order valence-corrected chi connectivity index (χ1v) is 11.8. The zero-order valence-electron chi connectivity index (χ0n) is 17.3. The van der Waals surface area contributed by atoms with Crippen molar-refractivity contribution in [2.75, 3.05) is 31.5 Å². The maximum absolute atomic E-state index is 14.0. The van der Waals surface area contributed by atoms with Crippen LogP contribution in [0.3, 0.4) is 0 Å². The van der Waals surface area contributed by atoms with Gasteiger partial charge >= 0.3 is 0 Å². The van der Waals surface area contributed by atoms with Gasteiger partial charge in [0, 0.05) is 50.3 Å². The molecule has 1 unspecified atom stereocenters. The molecule has 2 aromatic rings. The quantitative estimate of drug-likeness (QED) is 0.738. The number of nitrogens with zero attached hydrogens (tertiary/aromatic N) is 2. The van der Waals surface area contributed by atoms with E-state index in [-0.39, 0.29) is 50.3 Å². The molecule has 1 N–H and O–H groups in total. The Morgan fingerprint density at radius 1 is 1.06 bits per heavy atom. The number of carbonyl (C=O) groups is 2. The second-order valence-electron chi connectivity index (χ2n) is 7.95. The van der Waals surface area contributed by atoms with Crippen LogP contribution in [-0.4, -0.2) is 55.6 Å². The number of fused-ring (bicyclic) bond motifs is 1. The van der Waals surface area contributed by atoms with Gasteiger partial charge in [-0.15, -0.1) is 0 Å². The summed E-state index contributed by atoms with van der Waals surface area (Å²) in [6.07, 6.45) is 1.16. The predicted octanol–water partition coefficient (Wildman–Crippen LogP) is 2.39. The molecule has 0 radical (unpaired) electrons. The highest BCUT2D eigenvalue weighted by atomic mass is 32.2. The number of piperazine rings is 1. The molecule has 7 nitrogen and oxygen atoms in total. The van der Waals surface area contributed by atoms with Crippen molar-refractivity contribution in [1.29, 1.82) is 0 Å². The van der Waals surface area contributed by atoms with Crippen molar-refractivity contribution in [1.82, 2.24) is 9.21 Å². The number of anilines is 1. The Hall–Kier alpha value is -2.85. The SMILES string of the molecule is O=C1Nc2ccccc2CC1CCC(=O)N1CCN(S(=O)(=O)c2ccc(F)cc2F)CC1. The summed E-state index contributed by atoms with van der Waals surface area (Å²) in [4.78, 5) is 25.9. The number of sulfonamides is 1. The molecule has 1 atom stereocenters. The van der Waals surface area contributed by atoms with Crippen LogP contribution in [0.4, 0.5) is 14.5 Å². The van der Waals surface area contributed by atoms with Crippen LogP contribution < -0.4 is 5.32 Å². The molecule has 4 rings (SSSR count). The van der Waals surface area contributed by atoms with Gasteiger partial charge in [0.25, 0.3) is 0 Å². The highest BCUT2D eigenvalue weighted by Gasteiger charge is 2.33. The minimum absolute atomic E-state index is 0.0161. The molecule has 1 fully saturated rings. The van der Waals surface area contributed by atoms with Crippen molar-refractivity contribution < 1.29 is 26.8 Å².